The highest BCUT2D eigenvalue weighted by molar-refractivity contribution is 7.92. The molecule has 0 spiro atoms. The van der Waals surface area contributed by atoms with E-state index in [1.807, 2.05) is 18.2 Å². The van der Waals surface area contributed by atoms with Crippen LogP contribution in [0.25, 0.3) is 0 Å². The number of ether oxygens (including phenoxy) is 1. The van der Waals surface area contributed by atoms with E-state index in [1.165, 1.54) is 30.9 Å². The highest BCUT2D eigenvalue weighted by Gasteiger charge is 2.26. The molecule has 0 unspecified atom stereocenters. The molecule has 13 heteroatoms. The van der Waals surface area contributed by atoms with E-state index in [4.69, 9.17) is 9.57 Å². The molecule has 2 aromatic heterocycles. The smallest absolute Gasteiger partial charge is 0.318 e. The van der Waals surface area contributed by atoms with Gasteiger partial charge in [-0.3, -0.25) is 13.9 Å². The number of methoxy groups -OCH3 is 1. The molecule has 37 heavy (non-hydrogen) atoms. The summed E-state index contributed by atoms with van der Waals surface area (Å²) in [6.45, 7) is 2.03. The lowest BCUT2D eigenvalue weighted by Crippen LogP contribution is -2.26. The summed E-state index contributed by atoms with van der Waals surface area (Å²) < 4.78 is 31.1. The van der Waals surface area contributed by atoms with Crippen molar-refractivity contribution in [2.45, 2.75) is 25.7 Å². The molecule has 1 aromatic carbocycles. The van der Waals surface area contributed by atoms with E-state index in [9.17, 15) is 13.2 Å². The van der Waals surface area contributed by atoms with Crippen molar-refractivity contribution < 1.29 is 22.8 Å². The molecule has 12 nitrogen and oxygen atoms in total. The van der Waals surface area contributed by atoms with Gasteiger partial charge in [-0.25, -0.2) is 23.9 Å². The van der Waals surface area contributed by atoms with Crippen molar-refractivity contribution >= 4 is 44.6 Å². The molecule has 1 saturated carbocycles. The number of benzene rings is 1. The minimum Gasteiger partial charge on any atom is -0.467 e. The van der Waals surface area contributed by atoms with Crippen LogP contribution in [0.15, 0.2) is 42.7 Å². The molecule has 4 rings (SSSR count). The van der Waals surface area contributed by atoms with Gasteiger partial charge in [0.2, 0.25) is 10.0 Å². The van der Waals surface area contributed by atoms with Crippen LogP contribution in [0.2, 0.25) is 0 Å². The molecule has 0 saturated heterocycles. The zero-order valence-corrected chi connectivity index (χ0v) is 21.8. The molecule has 3 N–H and O–H groups in total. The van der Waals surface area contributed by atoms with E-state index in [2.05, 4.69) is 31.1 Å². The molecule has 196 valence electrons. The molecule has 1 aliphatic rings. The minimum atomic E-state index is -3.54. The maximum atomic E-state index is 12.8. The second-order valence-corrected chi connectivity index (χ2v) is 10.5. The number of anilines is 5. The Kier molecular flexibility index (Phi) is 7.74. The van der Waals surface area contributed by atoms with Crippen LogP contribution < -0.4 is 25.2 Å². The predicted molar refractivity (Wildman–Crippen MR) is 140 cm³/mol. The van der Waals surface area contributed by atoms with Crippen molar-refractivity contribution in [3.63, 3.8) is 0 Å². The van der Waals surface area contributed by atoms with Gasteiger partial charge in [-0.2, -0.15) is 4.98 Å². The first-order valence-electron chi connectivity index (χ1n) is 11.6. The molecule has 1 amide bonds. The van der Waals surface area contributed by atoms with E-state index < -0.39 is 15.9 Å². The summed E-state index contributed by atoms with van der Waals surface area (Å²) in [5, 5.41) is 6.28. The number of nitrogens with zero attached hydrogens (tertiary/aromatic N) is 4. The molecule has 2 heterocycles. The number of sulfonamides is 1. The Bertz CT molecular complexity index is 1400. The topological polar surface area (TPSA) is 148 Å². The van der Waals surface area contributed by atoms with Gasteiger partial charge in [0.1, 0.15) is 11.6 Å². The van der Waals surface area contributed by atoms with Gasteiger partial charge in [0.25, 0.3) is 5.91 Å². The van der Waals surface area contributed by atoms with Crippen LogP contribution in [0, 0.1) is 0 Å². The monoisotopic (exact) mass is 527 g/mol. The van der Waals surface area contributed by atoms with Crippen LogP contribution in [0.4, 0.5) is 28.7 Å². The van der Waals surface area contributed by atoms with Gasteiger partial charge in [-0.05, 0) is 49.4 Å². The highest BCUT2D eigenvalue weighted by atomic mass is 32.2. The minimum absolute atomic E-state index is 0.181. The summed E-state index contributed by atoms with van der Waals surface area (Å²) in [7, 11) is -0.583. The summed E-state index contributed by atoms with van der Waals surface area (Å²) in [5.41, 5.74) is 4.98. The first-order chi connectivity index (χ1) is 17.7. The molecule has 1 aliphatic carbocycles. The summed E-state index contributed by atoms with van der Waals surface area (Å²) in [4.78, 5) is 30.4. The maximum Gasteiger partial charge on any atom is 0.318 e. The quantitative estimate of drug-likeness (QED) is 0.317. The third-order valence-electron chi connectivity index (χ3n) is 5.71. The van der Waals surface area contributed by atoms with Gasteiger partial charge in [-0.15, -0.1) is 0 Å². The zero-order chi connectivity index (χ0) is 26.6. The number of nitrogens with one attached hydrogen (secondary N) is 3. The van der Waals surface area contributed by atoms with E-state index in [0.29, 0.717) is 34.6 Å². The van der Waals surface area contributed by atoms with Crippen molar-refractivity contribution in [3.8, 4) is 6.01 Å². The van der Waals surface area contributed by atoms with Crippen molar-refractivity contribution in [2.24, 2.45) is 0 Å². The van der Waals surface area contributed by atoms with Gasteiger partial charge < -0.3 is 15.4 Å². The first kappa shape index (κ1) is 26.1. The van der Waals surface area contributed by atoms with Gasteiger partial charge in [0.05, 0.1) is 42.6 Å². The number of amides is 1. The fourth-order valence-corrected chi connectivity index (χ4v) is 4.06. The SMILES string of the molecule is CCONC(=O)c1cnc(Nc2ccnc(OC)n2)cc1Nc1ccc(C2CC2)cc1N(C)S(C)(=O)=O. The average molecular weight is 528 g/mol. The number of carbonyl (C=O) groups excluding carboxylic acids is 1. The van der Waals surface area contributed by atoms with Gasteiger partial charge in [-0.1, -0.05) is 6.07 Å². The van der Waals surface area contributed by atoms with Gasteiger partial charge >= 0.3 is 6.01 Å². The molecule has 0 radical (unpaired) electrons. The molecule has 3 aromatic rings. The number of carbonyl (C=O) groups is 1. The lowest BCUT2D eigenvalue weighted by molar-refractivity contribution is 0.0365. The van der Waals surface area contributed by atoms with Crippen LogP contribution >= 0.6 is 0 Å². The molecule has 0 atom stereocenters. The van der Waals surface area contributed by atoms with Gasteiger partial charge in [0, 0.05) is 25.5 Å². The van der Waals surface area contributed by atoms with E-state index in [1.54, 1.807) is 19.1 Å². The zero-order valence-electron chi connectivity index (χ0n) is 21.0. The number of pyridine rings is 1. The summed E-state index contributed by atoms with van der Waals surface area (Å²) in [6.07, 6.45) is 6.21. The Hall–Kier alpha value is -3.97. The van der Waals surface area contributed by atoms with Crippen LogP contribution in [0.5, 0.6) is 6.01 Å². The van der Waals surface area contributed by atoms with E-state index in [0.717, 1.165) is 24.7 Å². The van der Waals surface area contributed by atoms with Gasteiger partial charge in [0.15, 0.2) is 0 Å². The average Bonchev–Trinajstić information content (AvgIpc) is 3.72. The van der Waals surface area contributed by atoms with Crippen molar-refractivity contribution in [3.05, 3.63) is 53.9 Å². The molecule has 0 aliphatic heterocycles. The van der Waals surface area contributed by atoms with Crippen LogP contribution in [-0.2, 0) is 14.9 Å². The maximum absolute atomic E-state index is 12.8. The Morgan fingerprint density at radius 2 is 1.89 bits per heavy atom. The molecule has 0 bridgehead atoms. The fraction of sp³-hybridized carbons (Fsp3) is 0.333. The number of hydroxylamine groups is 1. The summed E-state index contributed by atoms with van der Waals surface area (Å²) in [5.74, 6) is 0.724. The fourth-order valence-electron chi connectivity index (χ4n) is 3.55. The second-order valence-electron chi connectivity index (χ2n) is 8.44. The van der Waals surface area contributed by atoms with E-state index >= 15 is 0 Å². The van der Waals surface area contributed by atoms with Crippen molar-refractivity contribution in [1.82, 2.24) is 20.4 Å². The molecule has 1 fully saturated rings. The normalized spacial score (nSPS) is 13.1. The molecular weight excluding hydrogens is 498 g/mol. The lowest BCUT2D eigenvalue weighted by atomic mass is 10.1. The summed E-state index contributed by atoms with van der Waals surface area (Å²) >= 11 is 0. The van der Waals surface area contributed by atoms with Crippen LogP contribution in [0.1, 0.15) is 41.6 Å². The van der Waals surface area contributed by atoms with Crippen LogP contribution in [-0.4, -0.2) is 56.3 Å². The van der Waals surface area contributed by atoms with Crippen molar-refractivity contribution in [1.29, 1.82) is 0 Å². The largest absolute Gasteiger partial charge is 0.467 e. The third kappa shape index (κ3) is 6.43. The van der Waals surface area contributed by atoms with Crippen LogP contribution in [0.3, 0.4) is 0 Å². The number of rotatable bonds is 11. The standard InChI is InChI=1S/C24H29N7O5S/c1-5-36-30-23(32)17-14-26-22(28-21-10-11-25-24(29-21)35-3)13-19(17)27-18-9-8-16(15-6-7-15)12-20(18)31(2)37(4,33)34/h8-15H,5-7H2,1-4H3,(H,30,32)(H2,25,26,27,28,29). The Morgan fingerprint density at radius 3 is 2.57 bits per heavy atom. The molecular formula is C24H29N7O5S. The number of hydrogen-bond donors (Lipinski definition) is 3. The lowest BCUT2D eigenvalue weighted by Gasteiger charge is -2.23. The predicted octanol–water partition coefficient (Wildman–Crippen LogP) is 3.32. The second kappa shape index (κ2) is 11.0. The number of aromatic nitrogens is 3. The number of hydrogen-bond acceptors (Lipinski definition) is 10. The first-order valence-corrected chi connectivity index (χ1v) is 13.5. The Balaban J connectivity index is 1.73. The highest BCUT2D eigenvalue weighted by Crippen LogP contribution is 2.43. The summed E-state index contributed by atoms with van der Waals surface area (Å²) in [6, 6.07) is 9.09. The third-order valence-corrected chi connectivity index (χ3v) is 6.90. The van der Waals surface area contributed by atoms with Crippen molar-refractivity contribution in [2.75, 3.05) is 42.0 Å². The Labute approximate surface area is 215 Å². The van der Waals surface area contributed by atoms with E-state index in [-0.39, 0.29) is 18.2 Å². The Morgan fingerprint density at radius 1 is 1.11 bits per heavy atom.